The predicted molar refractivity (Wildman–Crippen MR) is 53.7 cm³/mol. The zero-order chi connectivity index (χ0) is 7.68. The standard InChI is InChI=1S/C7H12N2S2/c10-5-6-3-9(4-6)7-8-1-2-11-7/h6,10H,1-5H2. The van der Waals surface area contributed by atoms with Crippen LogP contribution in [0, 0.1) is 5.92 Å². The molecule has 2 aliphatic heterocycles. The van der Waals surface area contributed by atoms with E-state index in [0.717, 1.165) is 18.2 Å². The van der Waals surface area contributed by atoms with Crippen molar-refractivity contribution in [1.29, 1.82) is 0 Å². The van der Waals surface area contributed by atoms with Crippen LogP contribution in [0.2, 0.25) is 0 Å². The molecule has 1 saturated heterocycles. The van der Waals surface area contributed by atoms with Crippen LogP contribution in [0.15, 0.2) is 4.99 Å². The van der Waals surface area contributed by atoms with Crippen molar-refractivity contribution in [1.82, 2.24) is 4.90 Å². The molecular weight excluding hydrogens is 176 g/mol. The van der Waals surface area contributed by atoms with Crippen LogP contribution in [0.1, 0.15) is 0 Å². The first kappa shape index (κ1) is 7.80. The van der Waals surface area contributed by atoms with Crippen molar-refractivity contribution < 1.29 is 0 Å². The third-order valence-electron chi connectivity index (χ3n) is 2.06. The zero-order valence-electron chi connectivity index (χ0n) is 6.36. The summed E-state index contributed by atoms with van der Waals surface area (Å²) in [7, 11) is 0. The summed E-state index contributed by atoms with van der Waals surface area (Å²) >= 11 is 6.15. The van der Waals surface area contributed by atoms with Crippen molar-refractivity contribution in [3.63, 3.8) is 0 Å². The molecule has 4 heteroatoms. The lowest BCUT2D eigenvalue weighted by Crippen LogP contribution is -2.49. The number of nitrogens with zero attached hydrogens (tertiary/aromatic N) is 2. The Kier molecular flexibility index (Phi) is 2.32. The molecule has 0 aromatic rings. The van der Waals surface area contributed by atoms with E-state index in [1.807, 2.05) is 11.8 Å². The molecule has 11 heavy (non-hydrogen) atoms. The average Bonchev–Trinajstić information content (AvgIpc) is 2.37. The predicted octanol–water partition coefficient (Wildman–Crippen LogP) is 0.951. The second kappa shape index (κ2) is 3.27. The molecule has 0 atom stereocenters. The van der Waals surface area contributed by atoms with Gasteiger partial charge in [0.15, 0.2) is 5.17 Å². The van der Waals surface area contributed by atoms with Crippen LogP contribution in [0.4, 0.5) is 0 Å². The lowest BCUT2D eigenvalue weighted by molar-refractivity contribution is 0.214. The zero-order valence-corrected chi connectivity index (χ0v) is 8.07. The Hall–Kier alpha value is 0.170. The van der Waals surface area contributed by atoms with E-state index in [4.69, 9.17) is 0 Å². The third kappa shape index (κ3) is 1.51. The Morgan fingerprint density at radius 1 is 1.64 bits per heavy atom. The lowest BCUT2D eigenvalue weighted by atomic mass is 10.0. The van der Waals surface area contributed by atoms with E-state index >= 15 is 0 Å². The van der Waals surface area contributed by atoms with Gasteiger partial charge >= 0.3 is 0 Å². The number of aliphatic imine (C=N–C) groups is 1. The van der Waals surface area contributed by atoms with Crippen LogP contribution in [0.3, 0.4) is 0 Å². The smallest absolute Gasteiger partial charge is 0.159 e. The Morgan fingerprint density at radius 3 is 3.00 bits per heavy atom. The highest BCUT2D eigenvalue weighted by molar-refractivity contribution is 8.14. The molecule has 0 spiro atoms. The highest BCUT2D eigenvalue weighted by Gasteiger charge is 2.29. The minimum absolute atomic E-state index is 0.808. The topological polar surface area (TPSA) is 15.6 Å². The van der Waals surface area contributed by atoms with Crippen molar-refractivity contribution in [3.8, 4) is 0 Å². The van der Waals surface area contributed by atoms with Gasteiger partial charge in [-0.2, -0.15) is 12.6 Å². The number of thiol groups is 1. The number of hydrogen-bond donors (Lipinski definition) is 1. The average molecular weight is 188 g/mol. The van der Waals surface area contributed by atoms with Crippen molar-refractivity contribution in [3.05, 3.63) is 0 Å². The molecule has 62 valence electrons. The minimum atomic E-state index is 0.808. The van der Waals surface area contributed by atoms with Gasteiger partial charge in [-0.15, -0.1) is 0 Å². The molecule has 0 unspecified atom stereocenters. The molecule has 0 aromatic carbocycles. The van der Waals surface area contributed by atoms with Gasteiger partial charge in [0.25, 0.3) is 0 Å². The van der Waals surface area contributed by atoms with Gasteiger partial charge < -0.3 is 4.90 Å². The van der Waals surface area contributed by atoms with Gasteiger partial charge in [-0.25, -0.2) is 0 Å². The molecule has 0 bridgehead atoms. The van der Waals surface area contributed by atoms with Gasteiger partial charge in [-0.05, 0) is 5.75 Å². The van der Waals surface area contributed by atoms with Gasteiger partial charge in [0.2, 0.25) is 0 Å². The summed E-state index contributed by atoms with van der Waals surface area (Å²) in [6.45, 7) is 3.37. The Labute approximate surface area is 76.9 Å². The Balaban J connectivity index is 1.81. The summed E-state index contributed by atoms with van der Waals surface area (Å²) in [5.74, 6) is 3.01. The van der Waals surface area contributed by atoms with Crippen LogP contribution in [-0.2, 0) is 0 Å². The van der Waals surface area contributed by atoms with Gasteiger partial charge in [0, 0.05) is 24.8 Å². The van der Waals surface area contributed by atoms with E-state index in [-0.39, 0.29) is 0 Å². The lowest BCUT2D eigenvalue weighted by Gasteiger charge is -2.39. The second-order valence-electron chi connectivity index (χ2n) is 2.97. The van der Waals surface area contributed by atoms with Gasteiger partial charge in [0.05, 0.1) is 6.54 Å². The summed E-state index contributed by atoms with van der Waals surface area (Å²) < 4.78 is 0. The molecule has 1 fully saturated rings. The first-order valence-electron chi connectivity index (χ1n) is 3.93. The largest absolute Gasteiger partial charge is 0.351 e. The summed E-state index contributed by atoms with van der Waals surface area (Å²) in [5.41, 5.74) is 0. The minimum Gasteiger partial charge on any atom is -0.351 e. The summed E-state index contributed by atoms with van der Waals surface area (Å²) in [5, 5.41) is 1.27. The molecule has 0 aromatic heterocycles. The van der Waals surface area contributed by atoms with Gasteiger partial charge in [-0.1, -0.05) is 11.8 Å². The van der Waals surface area contributed by atoms with Crippen molar-refractivity contribution in [2.75, 3.05) is 31.1 Å². The van der Waals surface area contributed by atoms with E-state index in [1.54, 1.807) is 0 Å². The summed E-state index contributed by atoms with van der Waals surface area (Å²) in [6.07, 6.45) is 0. The molecule has 2 aliphatic rings. The van der Waals surface area contributed by atoms with Crippen LogP contribution in [-0.4, -0.2) is 41.2 Å². The molecular formula is C7H12N2S2. The first-order chi connectivity index (χ1) is 5.40. The highest BCUT2D eigenvalue weighted by atomic mass is 32.2. The van der Waals surface area contributed by atoms with E-state index in [1.165, 1.54) is 24.0 Å². The number of thioether (sulfide) groups is 1. The van der Waals surface area contributed by atoms with E-state index in [2.05, 4.69) is 22.5 Å². The SMILES string of the molecule is SCC1CN(C2=NCCS2)C1. The molecule has 0 aliphatic carbocycles. The quantitative estimate of drug-likeness (QED) is 0.617. The Morgan fingerprint density at radius 2 is 2.45 bits per heavy atom. The van der Waals surface area contributed by atoms with Gasteiger partial charge in [-0.3, -0.25) is 4.99 Å². The highest BCUT2D eigenvalue weighted by Crippen LogP contribution is 2.24. The third-order valence-corrected chi connectivity index (χ3v) is 3.60. The summed E-state index contributed by atoms with van der Waals surface area (Å²) in [6, 6.07) is 0. The molecule has 0 radical (unpaired) electrons. The molecule has 2 heterocycles. The van der Waals surface area contributed by atoms with E-state index < -0.39 is 0 Å². The molecule has 0 N–H and O–H groups in total. The van der Waals surface area contributed by atoms with E-state index in [9.17, 15) is 0 Å². The maximum atomic E-state index is 4.41. The maximum Gasteiger partial charge on any atom is 0.159 e. The van der Waals surface area contributed by atoms with Crippen LogP contribution < -0.4 is 0 Å². The fourth-order valence-electron chi connectivity index (χ4n) is 1.36. The molecule has 2 nitrogen and oxygen atoms in total. The number of amidine groups is 1. The van der Waals surface area contributed by atoms with Gasteiger partial charge in [0.1, 0.15) is 0 Å². The summed E-state index contributed by atoms with van der Waals surface area (Å²) in [4.78, 5) is 6.77. The van der Waals surface area contributed by atoms with Crippen molar-refractivity contribution in [2.24, 2.45) is 10.9 Å². The Bertz CT molecular complexity index is 175. The molecule has 2 rings (SSSR count). The number of rotatable bonds is 1. The number of hydrogen-bond acceptors (Lipinski definition) is 4. The van der Waals surface area contributed by atoms with Crippen molar-refractivity contribution >= 4 is 29.6 Å². The normalized spacial score (nSPS) is 25.2. The molecule has 0 saturated carbocycles. The van der Waals surface area contributed by atoms with Crippen molar-refractivity contribution in [2.45, 2.75) is 0 Å². The van der Waals surface area contributed by atoms with E-state index in [0.29, 0.717) is 0 Å². The first-order valence-corrected chi connectivity index (χ1v) is 5.55. The monoisotopic (exact) mass is 188 g/mol. The fraction of sp³-hybridized carbons (Fsp3) is 0.857. The molecule has 0 amide bonds. The maximum absolute atomic E-state index is 4.41. The second-order valence-corrected chi connectivity index (χ2v) is 4.39. The number of likely N-dealkylation sites (tertiary alicyclic amines) is 1. The fourth-order valence-corrected chi connectivity index (χ4v) is 2.47. The van der Waals surface area contributed by atoms with Crippen LogP contribution >= 0.6 is 24.4 Å². The van der Waals surface area contributed by atoms with Crippen LogP contribution in [0.5, 0.6) is 0 Å². The van der Waals surface area contributed by atoms with Crippen LogP contribution in [0.25, 0.3) is 0 Å².